The molecule has 3 rings (SSSR count). The van der Waals surface area contributed by atoms with Crippen molar-refractivity contribution in [1.29, 1.82) is 0 Å². The average molecular weight is 485 g/mol. The zero-order chi connectivity index (χ0) is 25.0. The number of unbranched alkanes of at least 4 members (excludes halogenated alkanes) is 1. The largest absolute Gasteiger partial charge is 0.479 e. The number of nitrogens with two attached hydrogens (primary N) is 1. The van der Waals surface area contributed by atoms with Crippen LogP contribution in [-0.4, -0.2) is 51.3 Å². The minimum atomic E-state index is -1.72. The molecule has 1 aromatic carbocycles. The van der Waals surface area contributed by atoms with E-state index in [9.17, 15) is 27.2 Å². The van der Waals surface area contributed by atoms with Crippen molar-refractivity contribution in [2.45, 2.75) is 57.5 Å². The minimum Gasteiger partial charge on any atom is -0.479 e. The first-order chi connectivity index (χ1) is 16.1. The Labute approximate surface area is 194 Å². The number of piperidine rings is 1. The summed E-state index contributed by atoms with van der Waals surface area (Å²) in [7, 11) is 0. The maximum Gasteiger partial charge on any atom is 0.219 e. The fourth-order valence-corrected chi connectivity index (χ4v) is 3.89. The van der Waals surface area contributed by atoms with E-state index in [2.05, 4.69) is 10.3 Å². The Morgan fingerprint density at radius 1 is 1.18 bits per heavy atom. The van der Waals surface area contributed by atoms with Gasteiger partial charge in [0.2, 0.25) is 17.5 Å². The molecule has 0 bridgehead atoms. The molecule has 1 unspecified atom stereocenters. The molecule has 1 aliphatic heterocycles. The first-order valence-electron chi connectivity index (χ1n) is 11.0. The summed E-state index contributed by atoms with van der Waals surface area (Å²) in [6.07, 6.45) is 4.19. The summed E-state index contributed by atoms with van der Waals surface area (Å²) in [5, 5.41) is 8.18. The molecule has 0 radical (unpaired) electrons. The molecule has 34 heavy (non-hydrogen) atoms. The van der Waals surface area contributed by atoms with Gasteiger partial charge in [-0.15, -0.1) is 5.10 Å². The molecular weight excluding hydrogens is 458 g/mol. The molecule has 2 heterocycles. The lowest BCUT2D eigenvalue weighted by Crippen LogP contribution is -2.49. The van der Waals surface area contributed by atoms with Gasteiger partial charge in [0.1, 0.15) is 18.3 Å². The van der Waals surface area contributed by atoms with Gasteiger partial charge in [-0.3, -0.25) is 9.59 Å². The number of amides is 1. The van der Waals surface area contributed by atoms with Gasteiger partial charge in [-0.25, -0.2) is 13.5 Å². The molecule has 1 amide bonds. The number of ether oxygens (including phenoxy) is 1. The molecule has 1 saturated heterocycles. The van der Waals surface area contributed by atoms with Crippen LogP contribution < -0.4 is 10.5 Å². The molecule has 186 valence electrons. The van der Waals surface area contributed by atoms with Crippen LogP contribution in [-0.2, 0) is 15.1 Å². The molecule has 1 fully saturated rings. The van der Waals surface area contributed by atoms with Crippen LogP contribution >= 0.6 is 0 Å². The summed E-state index contributed by atoms with van der Waals surface area (Å²) >= 11 is 0. The molecule has 8 nitrogen and oxygen atoms in total. The molecule has 12 heteroatoms. The monoisotopic (exact) mass is 485 g/mol. The zero-order valence-electron chi connectivity index (χ0n) is 19.0. The highest BCUT2D eigenvalue weighted by atomic mass is 19.2. The van der Waals surface area contributed by atoms with E-state index >= 15 is 0 Å². The maximum atomic E-state index is 13.9. The van der Waals surface area contributed by atoms with Crippen molar-refractivity contribution in [3.05, 3.63) is 41.2 Å². The summed E-state index contributed by atoms with van der Waals surface area (Å²) in [6.45, 7) is 3.50. The Morgan fingerprint density at radius 3 is 2.35 bits per heavy atom. The van der Waals surface area contributed by atoms with Crippen LogP contribution in [0.3, 0.4) is 0 Å². The molecule has 1 aliphatic rings. The van der Waals surface area contributed by atoms with E-state index in [1.54, 1.807) is 11.1 Å². The predicted octanol–water partition coefficient (Wildman–Crippen LogP) is 3.01. The fourth-order valence-electron chi connectivity index (χ4n) is 3.89. The van der Waals surface area contributed by atoms with Crippen LogP contribution in [0.2, 0.25) is 0 Å². The first-order valence-corrected chi connectivity index (χ1v) is 11.0. The zero-order valence-corrected chi connectivity index (χ0v) is 19.0. The van der Waals surface area contributed by atoms with E-state index in [0.717, 1.165) is 6.42 Å². The Bertz CT molecular complexity index is 1030. The standard InChI is InChI=1S/C22H27F4N5O3/c1-3-4-5-16(17(33)12-34-21-19(25)14(23)10-15(24)20(21)26)31-11-18(28-29-31)22(27)6-8-30(9-7-22)13(2)32/h10-11,16H,3-9,12,27H2,1-2H3. The molecule has 1 aromatic heterocycles. The van der Waals surface area contributed by atoms with Crippen LogP contribution in [0, 0.1) is 23.3 Å². The summed E-state index contributed by atoms with van der Waals surface area (Å²) in [6, 6.07) is -0.823. The summed E-state index contributed by atoms with van der Waals surface area (Å²) in [5.41, 5.74) is 6.14. The number of hydrogen-bond donors (Lipinski definition) is 1. The van der Waals surface area contributed by atoms with Gasteiger partial charge in [0.25, 0.3) is 0 Å². The molecule has 2 aromatic rings. The number of ketones is 1. The lowest BCUT2D eigenvalue weighted by Gasteiger charge is -2.37. The second-order valence-corrected chi connectivity index (χ2v) is 8.46. The number of nitrogens with zero attached hydrogens (tertiary/aromatic N) is 4. The maximum absolute atomic E-state index is 13.9. The lowest BCUT2D eigenvalue weighted by molar-refractivity contribution is -0.130. The average Bonchev–Trinajstić information content (AvgIpc) is 3.29. The SMILES string of the molecule is CCCCC(C(=O)COc1c(F)c(F)cc(F)c1F)n1cc(C2(N)CCN(C(C)=O)CC2)nn1. The van der Waals surface area contributed by atoms with Gasteiger partial charge in [0, 0.05) is 26.1 Å². The highest BCUT2D eigenvalue weighted by Crippen LogP contribution is 2.30. The van der Waals surface area contributed by atoms with E-state index in [1.807, 2.05) is 6.92 Å². The Morgan fingerprint density at radius 2 is 1.79 bits per heavy atom. The predicted molar refractivity (Wildman–Crippen MR) is 113 cm³/mol. The summed E-state index contributed by atoms with van der Waals surface area (Å²) in [5.74, 6) is -8.64. The smallest absolute Gasteiger partial charge is 0.219 e. The number of benzene rings is 1. The molecule has 1 atom stereocenters. The van der Waals surface area contributed by atoms with Crippen LogP contribution in [0.4, 0.5) is 17.6 Å². The lowest BCUT2D eigenvalue weighted by atomic mass is 9.86. The number of likely N-dealkylation sites (tertiary alicyclic amines) is 1. The van der Waals surface area contributed by atoms with E-state index < -0.39 is 53.0 Å². The number of carbonyl (C=O) groups excluding carboxylic acids is 2. The van der Waals surface area contributed by atoms with Crippen molar-refractivity contribution >= 4 is 11.7 Å². The van der Waals surface area contributed by atoms with Crippen molar-refractivity contribution in [2.75, 3.05) is 19.7 Å². The topological polar surface area (TPSA) is 103 Å². The molecule has 0 spiro atoms. The van der Waals surface area contributed by atoms with Crippen LogP contribution in [0.25, 0.3) is 0 Å². The highest BCUT2D eigenvalue weighted by Gasteiger charge is 2.36. The third-order valence-electron chi connectivity index (χ3n) is 6.07. The van der Waals surface area contributed by atoms with E-state index in [1.165, 1.54) is 11.6 Å². The first kappa shape index (κ1) is 25.6. The minimum absolute atomic E-state index is 0.0398. The third kappa shape index (κ3) is 5.37. The van der Waals surface area contributed by atoms with Gasteiger partial charge in [-0.05, 0) is 19.3 Å². The third-order valence-corrected chi connectivity index (χ3v) is 6.07. The van der Waals surface area contributed by atoms with Gasteiger partial charge >= 0.3 is 0 Å². The second kappa shape index (κ2) is 10.5. The molecule has 0 saturated carbocycles. The second-order valence-electron chi connectivity index (χ2n) is 8.46. The number of halogens is 4. The van der Waals surface area contributed by atoms with Gasteiger partial charge in [-0.1, -0.05) is 25.0 Å². The Balaban J connectivity index is 1.76. The number of aromatic nitrogens is 3. The fraction of sp³-hybridized carbons (Fsp3) is 0.545. The normalized spacial score (nSPS) is 16.4. The molecule has 2 N–H and O–H groups in total. The summed E-state index contributed by atoms with van der Waals surface area (Å²) in [4.78, 5) is 26.1. The summed E-state index contributed by atoms with van der Waals surface area (Å²) < 4.78 is 60.7. The Hall–Kier alpha value is -3.02. The van der Waals surface area contributed by atoms with E-state index in [4.69, 9.17) is 10.5 Å². The molecular formula is C22H27F4N5O3. The number of hydrogen-bond acceptors (Lipinski definition) is 6. The van der Waals surface area contributed by atoms with Crippen LogP contribution in [0.5, 0.6) is 5.75 Å². The molecule has 0 aliphatic carbocycles. The van der Waals surface area contributed by atoms with Crippen molar-refractivity contribution in [1.82, 2.24) is 19.9 Å². The van der Waals surface area contributed by atoms with E-state index in [0.29, 0.717) is 44.5 Å². The van der Waals surface area contributed by atoms with Crippen molar-refractivity contribution in [3.8, 4) is 5.75 Å². The van der Waals surface area contributed by atoms with Gasteiger partial charge in [0.15, 0.2) is 23.2 Å². The van der Waals surface area contributed by atoms with Gasteiger partial charge < -0.3 is 15.4 Å². The van der Waals surface area contributed by atoms with Gasteiger partial charge in [0.05, 0.1) is 11.7 Å². The van der Waals surface area contributed by atoms with E-state index in [-0.39, 0.29) is 12.0 Å². The quantitative estimate of drug-likeness (QED) is 0.433. The van der Waals surface area contributed by atoms with Crippen molar-refractivity contribution in [3.63, 3.8) is 0 Å². The van der Waals surface area contributed by atoms with Crippen LogP contribution in [0.1, 0.15) is 57.7 Å². The van der Waals surface area contributed by atoms with Crippen molar-refractivity contribution in [2.24, 2.45) is 5.73 Å². The van der Waals surface area contributed by atoms with Gasteiger partial charge in [-0.2, -0.15) is 8.78 Å². The number of Topliss-reactive ketones (excluding diaryl/α,β-unsaturated/α-hetero) is 1. The number of rotatable bonds is 9. The Kier molecular flexibility index (Phi) is 7.90. The van der Waals surface area contributed by atoms with Crippen LogP contribution in [0.15, 0.2) is 12.3 Å². The van der Waals surface area contributed by atoms with Crippen molar-refractivity contribution < 1.29 is 31.9 Å². The highest BCUT2D eigenvalue weighted by molar-refractivity contribution is 5.84. The number of carbonyl (C=O) groups is 2.